The minimum atomic E-state index is -1.06. The van der Waals surface area contributed by atoms with Gasteiger partial charge in [-0.05, 0) is 87.3 Å². The summed E-state index contributed by atoms with van der Waals surface area (Å²) in [5.41, 5.74) is 1.70. The molecule has 0 unspecified atom stereocenters. The van der Waals surface area contributed by atoms with Crippen LogP contribution in [0.15, 0.2) is 54.7 Å². The fourth-order valence-electron chi connectivity index (χ4n) is 5.46. The van der Waals surface area contributed by atoms with Gasteiger partial charge in [-0.2, -0.15) is 0 Å². The van der Waals surface area contributed by atoms with Crippen LogP contribution in [0.25, 0.3) is 10.9 Å². The monoisotopic (exact) mass is 494 g/mol. The van der Waals surface area contributed by atoms with Gasteiger partial charge in [0.1, 0.15) is 11.6 Å². The summed E-state index contributed by atoms with van der Waals surface area (Å²) in [6, 6.07) is 15.6. The Morgan fingerprint density at radius 3 is 2.64 bits per heavy atom. The number of hydrogen-bond donors (Lipinski definition) is 2. The molecule has 2 N–H and O–H groups in total. The molecule has 1 saturated heterocycles. The van der Waals surface area contributed by atoms with E-state index in [4.69, 9.17) is 4.74 Å². The molecule has 0 radical (unpaired) electrons. The van der Waals surface area contributed by atoms with Crippen LogP contribution in [0.4, 0.5) is 4.39 Å². The molecule has 1 aromatic heterocycles. The number of aromatic nitrogens is 1. The van der Waals surface area contributed by atoms with Crippen LogP contribution in [0.3, 0.4) is 0 Å². The van der Waals surface area contributed by atoms with E-state index in [1.165, 1.54) is 12.7 Å². The molecule has 6 nitrogen and oxygen atoms in total. The Labute approximate surface area is 211 Å². The summed E-state index contributed by atoms with van der Waals surface area (Å²) < 4.78 is 20.1. The second-order valence-corrected chi connectivity index (χ2v) is 9.96. The first-order valence-corrected chi connectivity index (χ1v) is 12.7. The van der Waals surface area contributed by atoms with Crippen LogP contribution < -0.4 is 4.74 Å². The summed E-state index contributed by atoms with van der Waals surface area (Å²) in [4.78, 5) is 18.3. The van der Waals surface area contributed by atoms with E-state index in [0.717, 1.165) is 51.5 Å². The van der Waals surface area contributed by atoms with Gasteiger partial charge in [-0.3, -0.25) is 9.78 Å². The number of aryl methyl sites for hydroxylation is 1. The van der Waals surface area contributed by atoms with Gasteiger partial charge in [0, 0.05) is 10.9 Å². The predicted octanol–water partition coefficient (Wildman–Crippen LogP) is 5.39. The number of ether oxygens (including phenoxy) is 1. The van der Waals surface area contributed by atoms with E-state index >= 15 is 0 Å². The quantitative estimate of drug-likeness (QED) is 0.372. The smallest absolute Gasteiger partial charge is 0.303 e. The van der Waals surface area contributed by atoms with E-state index in [-0.39, 0.29) is 18.4 Å². The van der Waals surface area contributed by atoms with Crippen molar-refractivity contribution in [3.05, 3.63) is 71.7 Å². The Bertz CT molecular complexity index is 1160. The van der Waals surface area contributed by atoms with Crippen LogP contribution in [0.2, 0.25) is 0 Å². The van der Waals surface area contributed by atoms with Gasteiger partial charge in [0.25, 0.3) is 0 Å². The second-order valence-electron chi connectivity index (χ2n) is 9.96. The Balaban J connectivity index is 1.39. The first-order chi connectivity index (χ1) is 17.4. The molecule has 0 bridgehead atoms. The third kappa shape index (κ3) is 6.39. The number of methoxy groups -OCH3 is 1. The van der Waals surface area contributed by atoms with Gasteiger partial charge in [0.05, 0.1) is 31.3 Å². The first kappa shape index (κ1) is 26.0. The van der Waals surface area contributed by atoms with Crippen molar-refractivity contribution in [1.29, 1.82) is 0 Å². The molecule has 1 fully saturated rings. The fourth-order valence-corrected chi connectivity index (χ4v) is 5.46. The molecule has 2 aromatic carbocycles. The molecular weight excluding hydrogens is 459 g/mol. The number of aliphatic hydroxyl groups excluding tert-OH is 1. The van der Waals surface area contributed by atoms with E-state index in [1.807, 2.05) is 6.07 Å². The standard InChI is InChI=1S/C29H35FN2O4/c1-36-22-9-10-25-23(18-22)28(24(30)20-31-25)26(33)11-12-29(19-27(34)35)13-16-32(17-14-29)15-5-8-21-6-3-2-4-7-21/h2-4,6-7,9-10,18,20,26,33H,5,8,11-17,19H2,1H3,(H,34,35)/t26-/m0/s1. The van der Waals surface area contributed by atoms with Crippen molar-refractivity contribution in [2.24, 2.45) is 5.41 Å². The van der Waals surface area contributed by atoms with Gasteiger partial charge in [0.2, 0.25) is 0 Å². The van der Waals surface area contributed by atoms with Crippen molar-refractivity contribution in [3.8, 4) is 5.75 Å². The van der Waals surface area contributed by atoms with Crippen molar-refractivity contribution < 1.29 is 24.1 Å². The minimum absolute atomic E-state index is 0.0605. The highest BCUT2D eigenvalue weighted by atomic mass is 19.1. The maximum atomic E-state index is 14.8. The number of nitrogens with zero attached hydrogens (tertiary/aromatic N) is 2. The van der Waals surface area contributed by atoms with Crippen molar-refractivity contribution in [2.75, 3.05) is 26.7 Å². The number of likely N-dealkylation sites (tertiary alicyclic amines) is 1. The van der Waals surface area contributed by atoms with Gasteiger partial charge in [-0.15, -0.1) is 0 Å². The number of aliphatic carboxylic acids is 1. The summed E-state index contributed by atoms with van der Waals surface area (Å²) >= 11 is 0. The summed E-state index contributed by atoms with van der Waals surface area (Å²) in [5, 5.41) is 21.2. The molecule has 1 aliphatic rings. The molecule has 4 rings (SSSR count). The lowest BCUT2D eigenvalue weighted by molar-refractivity contribution is -0.141. The summed E-state index contributed by atoms with van der Waals surface area (Å²) in [5.74, 6) is -0.832. The Morgan fingerprint density at radius 1 is 1.19 bits per heavy atom. The summed E-state index contributed by atoms with van der Waals surface area (Å²) in [6.45, 7) is 2.65. The zero-order valence-corrected chi connectivity index (χ0v) is 20.8. The topological polar surface area (TPSA) is 82.9 Å². The molecular formula is C29H35FN2O4. The van der Waals surface area contributed by atoms with E-state index in [2.05, 4.69) is 34.1 Å². The zero-order chi connectivity index (χ0) is 25.5. The van der Waals surface area contributed by atoms with Gasteiger partial charge >= 0.3 is 5.97 Å². The molecule has 7 heteroatoms. The fraction of sp³-hybridized carbons (Fsp3) is 0.448. The number of carboxylic acid groups (broad SMARTS) is 1. The number of benzene rings is 2. The zero-order valence-electron chi connectivity index (χ0n) is 20.8. The van der Waals surface area contributed by atoms with Crippen LogP contribution in [0, 0.1) is 11.2 Å². The largest absolute Gasteiger partial charge is 0.497 e. The second kappa shape index (κ2) is 11.8. The van der Waals surface area contributed by atoms with Crippen LogP contribution in [-0.4, -0.2) is 52.8 Å². The molecule has 0 amide bonds. The van der Waals surface area contributed by atoms with Gasteiger partial charge in [-0.25, -0.2) is 4.39 Å². The number of halogens is 1. The van der Waals surface area contributed by atoms with Crippen LogP contribution in [0.5, 0.6) is 5.75 Å². The SMILES string of the molecule is COc1ccc2ncc(F)c([C@@H](O)CCC3(CC(=O)O)CCN(CCCc4ccccc4)CC3)c2c1. The number of carboxylic acids is 1. The molecule has 0 spiro atoms. The molecule has 3 aromatic rings. The lowest BCUT2D eigenvalue weighted by atomic mass is 9.71. The van der Waals surface area contributed by atoms with Crippen LogP contribution >= 0.6 is 0 Å². The summed E-state index contributed by atoms with van der Waals surface area (Å²) in [6.07, 6.45) is 4.54. The minimum Gasteiger partial charge on any atom is -0.497 e. The normalized spacial score (nSPS) is 16.6. The van der Waals surface area contributed by atoms with Crippen molar-refractivity contribution in [3.63, 3.8) is 0 Å². The molecule has 1 aliphatic heterocycles. The molecule has 36 heavy (non-hydrogen) atoms. The van der Waals surface area contributed by atoms with E-state index < -0.39 is 23.3 Å². The van der Waals surface area contributed by atoms with Crippen molar-refractivity contribution >= 4 is 16.9 Å². The molecule has 0 saturated carbocycles. The maximum absolute atomic E-state index is 14.8. The number of hydrogen-bond acceptors (Lipinski definition) is 5. The van der Waals surface area contributed by atoms with E-state index in [0.29, 0.717) is 23.1 Å². The number of carbonyl (C=O) groups is 1. The molecule has 1 atom stereocenters. The highest BCUT2D eigenvalue weighted by molar-refractivity contribution is 5.84. The number of piperidine rings is 1. The number of rotatable bonds is 11. The maximum Gasteiger partial charge on any atom is 0.303 e. The highest BCUT2D eigenvalue weighted by Gasteiger charge is 2.37. The molecule has 192 valence electrons. The number of pyridine rings is 1. The van der Waals surface area contributed by atoms with Gasteiger partial charge in [0.15, 0.2) is 0 Å². The number of aliphatic hydroxyl groups is 1. The molecule has 0 aliphatic carbocycles. The van der Waals surface area contributed by atoms with Crippen molar-refractivity contribution in [2.45, 2.75) is 51.0 Å². The molecule has 2 heterocycles. The Morgan fingerprint density at radius 2 is 1.94 bits per heavy atom. The lowest BCUT2D eigenvalue weighted by Gasteiger charge is -2.41. The lowest BCUT2D eigenvalue weighted by Crippen LogP contribution is -2.41. The highest BCUT2D eigenvalue weighted by Crippen LogP contribution is 2.42. The van der Waals surface area contributed by atoms with Gasteiger partial charge < -0.3 is 19.8 Å². The third-order valence-electron chi connectivity index (χ3n) is 7.58. The predicted molar refractivity (Wildman–Crippen MR) is 138 cm³/mol. The average molecular weight is 495 g/mol. The first-order valence-electron chi connectivity index (χ1n) is 12.7. The van der Waals surface area contributed by atoms with Crippen LogP contribution in [-0.2, 0) is 11.2 Å². The third-order valence-corrected chi connectivity index (χ3v) is 7.58. The average Bonchev–Trinajstić information content (AvgIpc) is 2.88. The van der Waals surface area contributed by atoms with Gasteiger partial charge in [-0.1, -0.05) is 30.3 Å². The van der Waals surface area contributed by atoms with Crippen LogP contribution in [0.1, 0.15) is 55.8 Å². The number of fused-ring (bicyclic) bond motifs is 1. The Kier molecular flexibility index (Phi) is 8.54. The Hall–Kier alpha value is -3.03. The van der Waals surface area contributed by atoms with Crippen molar-refractivity contribution in [1.82, 2.24) is 9.88 Å². The summed E-state index contributed by atoms with van der Waals surface area (Å²) in [7, 11) is 1.54. The van der Waals surface area contributed by atoms with E-state index in [9.17, 15) is 19.4 Å². The van der Waals surface area contributed by atoms with E-state index in [1.54, 1.807) is 18.2 Å².